The van der Waals surface area contributed by atoms with Crippen LogP contribution in [0.5, 0.6) is 0 Å². The van der Waals surface area contributed by atoms with Crippen LogP contribution >= 0.6 is 0 Å². The van der Waals surface area contributed by atoms with E-state index in [1.54, 1.807) is 6.92 Å². The third kappa shape index (κ3) is 19.0. The average Bonchev–Trinajstić information content (AvgIpc) is 3.65. The van der Waals surface area contributed by atoms with Gasteiger partial charge >= 0.3 is 5.97 Å². The van der Waals surface area contributed by atoms with Gasteiger partial charge in [0.25, 0.3) is 11.8 Å². The highest BCUT2D eigenvalue weighted by atomic mass is 16.7. The monoisotopic (exact) mass is 1040 g/mol. The van der Waals surface area contributed by atoms with Gasteiger partial charge in [-0.25, -0.2) is 4.79 Å². The van der Waals surface area contributed by atoms with Gasteiger partial charge in [0.15, 0.2) is 18.9 Å². The van der Waals surface area contributed by atoms with Gasteiger partial charge in [0.05, 0.1) is 63.4 Å². The van der Waals surface area contributed by atoms with Gasteiger partial charge < -0.3 is 95.4 Å². The van der Waals surface area contributed by atoms with Crippen molar-refractivity contribution in [3.05, 3.63) is 0 Å². The first-order valence-electron chi connectivity index (χ1n) is 24.3. The summed E-state index contributed by atoms with van der Waals surface area (Å²) in [4.78, 5) is 95.2. The van der Waals surface area contributed by atoms with Crippen molar-refractivity contribution in [2.45, 2.75) is 177 Å². The predicted molar refractivity (Wildman–Crippen MR) is 240 cm³/mol. The summed E-state index contributed by atoms with van der Waals surface area (Å²) in [5, 5.41) is 92.3. The lowest BCUT2D eigenvalue weighted by atomic mass is 10.0. The third-order valence-electron chi connectivity index (χ3n) is 12.3. The third-order valence-corrected chi connectivity index (χ3v) is 12.3. The SMILES string of the molecule is C[C@@H]1O[C@@H](OCCNC(=O)CN(CC(=O)NCCO[C@@H]2O[C@@H](C)[C@@H](O)[C@@H](O)[C@@H]2O)[C@@H](CCCCNC(=O)CCCCC(=O)ON2C(=O)CCC2=O)C(=O)NCCO[C@@H]2O[C@@H](C)[C@@H](O)C[C@@H]2O)[C@@H](O)[C@H](O)[C@@H]1O. The normalized spacial score (nSPS) is 31.2. The molecule has 4 heterocycles. The Morgan fingerprint density at radius 2 is 1.04 bits per heavy atom. The second kappa shape index (κ2) is 30.3. The number of imide groups is 1. The van der Waals surface area contributed by atoms with Gasteiger partial charge in [0.1, 0.15) is 42.7 Å². The van der Waals surface area contributed by atoms with Crippen LogP contribution in [0.2, 0.25) is 0 Å². The number of aliphatic hydroxyl groups excluding tert-OH is 8. The largest absolute Gasteiger partial charge is 0.390 e. The van der Waals surface area contributed by atoms with Crippen LogP contribution in [-0.4, -0.2) is 243 Å². The lowest BCUT2D eigenvalue weighted by Gasteiger charge is -2.38. The van der Waals surface area contributed by atoms with Crippen LogP contribution in [0.1, 0.15) is 85.0 Å². The number of rotatable bonds is 29. The number of carbonyl (C=O) groups is 7. The van der Waals surface area contributed by atoms with E-state index in [1.165, 1.54) is 18.7 Å². The summed E-state index contributed by atoms with van der Waals surface area (Å²) in [5.41, 5.74) is 0. The molecule has 0 bridgehead atoms. The number of unbranched alkanes of at least 4 members (excludes halogenated alkanes) is 2. The van der Waals surface area contributed by atoms with E-state index in [9.17, 15) is 74.4 Å². The van der Waals surface area contributed by atoms with Gasteiger partial charge in [-0.15, -0.1) is 5.06 Å². The molecule has 0 aromatic heterocycles. The molecule has 412 valence electrons. The molecule has 0 aliphatic carbocycles. The van der Waals surface area contributed by atoms with Gasteiger partial charge in [0, 0.05) is 58.3 Å². The molecule has 0 aromatic rings. The van der Waals surface area contributed by atoms with E-state index >= 15 is 0 Å². The highest BCUT2D eigenvalue weighted by molar-refractivity contribution is 6.01. The smallest absolute Gasteiger partial charge is 0.333 e. The zero-order valence-corrected chi connectivity index (χ0v) is 40.8. The fourth-order valence-corrected chi connectivity index (χ4v) is 7.97. The Morgan fingerprint density at radius 3 is 1.58 bits per heavy atom. The molecule has 4 rings (SSSR count). The number of hydroxylamine groups is 2. The highest BCUT2D eigenvalue weighted by Gasteiger charge is 2.44. The van der Waals surface area contributed by atoms with Crippen molar-refractivity contribution in [1.82, 2.24) is 31.2 Å². The summed E-state index contributed by atoms with van der Waals surface area (Å²) in [6.45, 7) is 2.67. The molecule has 4 saturated heterocycles. The summed E-state index contributed by atoms with van der Waals surface area (Å²) in [7, 11) is 0. The molecule has 15 atom stereocenters. The second-order valence-electron chi connectivity index (χ2n) is 18.1. The van der Waals surface area contributed by atoms with Gasteiger partial charge in [0.2, 0.25) is 23.6 Å². The van der Waals surface area contributed by atoms with E-state index in [-0.39, 0.29) is 103 Å². The van der Waals surface area contributed by atoms with Crippen molar-refractivity contribution in [2.24, 2.45) is 0 Å². The van der Waals surface area contributed by atoms with Gasteiger partial charge in [-0.1, -0.05) is 0 Å². The number of hydrogen-bond acceptors (Lipinski definition) is 23. The molecule has 0 unspecified atom stereocenters. The fraction of sp³-hybridized carbons (Fsp3) is 0.841. The molecular weight excluding hydrogens is 965 g/mol. The van der Waals surface area contributed by atoms with E-state index in [4.69, 9.17) is 33.3 Å². The quantitative estimate of drug-likeness (QED) is 0.0245. The van der Waals surface area contributed by atoms with Crippen molar-refractivity contribution in [3.8, 4) is 0 Å². The van der Waals surface area contributed by atoms with E-state index in [0.29, 0.717) is 17.9 Å². The first-order valence-corrected chi connectivity index (χ1v) is 24.3. The molecular formula is C44H74N6O22. The minimum Gasteiger partial charge on any atom is -0.390 e. The van der Waals surface area contributed by atoms with Crippen LogP contribution in [0.3, 0.4) is 0 Å². The molecule has 4 aliphatic heterocycles. The molecule has 28 nitrogen and oxygen atoms in total. The number of ether oxygens (including phenoxy) is 6. The molecule has 28 heteroatoms. The predicted octanol–water partition coefficient (Wildman–Crippen LogP) is -5.98. The lowest BCUT2D eigenvalue weighted by molar-refractivity contribution is -0.292. The standard InChI is InChI=1S/C44H74N6O22/c1-23-27(51)20-28(52)42(69-23)66-19-16-48-41(65)26(8-6-7-13-45-29(53)9-4-5-10-34(58)72-50-32(56)11-12-33(50)57)49(21-30(54)46-14-17-67-43-39(63)37(61)35(59)24(2)70-43)22-31(55)47-15-18-68-44-40(64)38(62)36(60)25(3)71-44/h23-28,35-40,42-44,51-52,59-64H,4-22H2,1-3H3,(H,45,53)(H,46,54)(H,47,55)(H,48,65)/t23-,24-,25-,26-,27-,28-,35+,36+,37+,38+,39-,40-,42+,43+,44+/m0/s1. The molecule has 0 spiro atoms. The first kappa shape index (κ1) is 60.4. The lowest BCUT2D eigenvalue weighted by Crippen LogP contribution is -2.57. The second-order valence-corrected chi connectivity index (χ2v) is 18.1. The zero-order valence-electron chi connectivity index (χ0n) is 40.8. The molecule has 6 amide bonds. The van der Waals surface area contributed by atoms with E-state index in [2.05, 4.69) is 21.3 Å². The molecule has 0 saturated carbocycles. The molecule has 4 fully saturated rings. The number of amides is 6. The van der Waals surface area contributed by atoms with Crippen LogP contribution in [0.4, 0.5) is 0 Å². The van der Waals surface area contributed by atoms with E-state index in [0.717, 1.165) is 0 Å². The van der Waals surface area contributed by atoms with Crippen molar-refractivity contribution < 1.29 is 108 Å². The number of aliphatic hydroxyl groups is 8. The summed E-state index contributed by atoms with van der Waals surface area (Å²) >= 11 is 0. The Bertz CT molecular complexity index is 1700. The molecule has 12 N–H and O–H groups in total. The maximum atomic E-state index is 14.0. The summed E-state index contributed by atoms with van der Waals surface area (Å²) < 4.78 is 33.0. The topological polar surface area (TPSA) is 401 Å². The van der Waals surface area contributed by atoms with Gasteiger partial charge in [-0.3, -0.25) is 33.7 Å². The number of nitrogens with zero attached hydrogens (tertiary/aromatic N) is 2. The van der Waals surface area contributed by atoms with Gasteiger partial charge in [-0.2, -0.15) is 0 Å². The van der Waals surface area contributed by atoms with Crippen LogP contribution < -0.4 is 21.3 Å². The van der Waals surface area contributed by atoms with E-state index in [1.807, 2.05) is 0 Å². The first-order chi connectivity index (χ1) is 34.2. The highest BCUT2D eigenvalue weighted by Crippen LogP contribution is 2.24. The van der Waals surface area contributed by atoms with Crippen molar-refractivity contribution in [3.63, 3.8) is 0 Å². The Morgan fingerprint density at radius 1 is 0.569 bits per heavy atom. The minimum absolute atomic E-state index is 0.00707. The Balaban J connectivity index is 1.36. The van der Waals surface area contributed by atoms with Crippen molar-refractivity contribution in [2.75, 3.05) is 59.1 Å². The Hall–Kier alpha value is -4.11. The van der Waals surface area contributed by atoms with Gasteiger partial charge in [-0.05, 0) is 52.9 Å². The summed E-state index contributed by atoms with van der Waals surface area (Å²) in [6.07, 6.45) is -16.1. The van der Waals surface area contributed by atoms with Crippen LogP contribution in [-0.2, 0) is 66.8 Å². The van der Waals surface area contributed by atoms with Crippen LogP contribution in [0.25, 0.3) is 0 Å². The van der Waals surface area contributed by atoms with Crippen LogP contribution in [0, 0.1) is 0 Å². The summed E-state index contributed by atoms with van der Waals surface area (Å²) in [5.74, 6) is -4.27. The van der Waals surface area contributed by atoms with Crippen LogP contribution in [0.15, 0.2) is 0 Å². The number of carbonyl (C=O) groups excluding carboxylic acids is 7. The fourth-order valence-electron chi connectivity index (χ4n) is 7.97. The van der Waals surface area contributed by atoms with Crippen molar-refractivity contribution in [1.29, 1.82) is 0 Å². The number of hydrogen-bond donors (Lipinski definition) is 12. The maximum Gasteiger partial charge on any atom is 0.333 e. The van der Waals surface area contributed by atoms with Crippen molar-refractivity contribution >= 4 is 41.4 Å². The summed E-state index contributed by atoms with van der Waals surface area (Å²) in [6, 6.07) is -1.16. The molecule has 72 heavy (non-hydrogen) atoms. The average molecular weight is 1040 g/mol. The van der Waals surface area contributed by atoms with E-state index < -0.39 is 141 Å². The minimum atomic E-state index is -1.59. The molecule has 0 aromatic carbocycles. The number of nitrogens with one attached hydrogen (secondary N) is 4. The Labute approximate surface area is 415 Å². The molecule has 4 aliphatic rings. The Kier molecular flexibility index (Phi) is 25.4. The zero-order chi connectivity index (χ0) is 53.1. The molecule has 0 radical (unpaired) electrons. The maximum absolute atomic E-state index is 14.0.